The number of anilines is 2. The van der Waals surface area contributed by atoms with Crippen LogP contribution in [0.2, 0.25) is 0 Å². The van der Waals surface area contributed by atoms with E-state index < -0.39 is 0 Å². The molecule has 0 spiro atoms. The van der Waals surface area contributed by atoms with Gasteiger partial charge < -0.3 is 15.4 Å². The molecule has 3 rings (SSSR count). The van der Waals surface area contributed by atoms with Gasteiger partial charge in [-0.1, -0.05) is 19.1 Å². The fourth-order valence-electron chi connectivity index (χ4n) is 2.90. The summed E-state index contributed by atoms with van der Waals surface area (Å²) < 4.78 is 5.39. The van der Waals surface area contributed by atoms with Crippen LogP contribution in [0.5, 0.6) is 0 Å². The Morgan fingerprint density at radius 3 is 2.74 bits per heavy atom. The number of hydrogen-bond acceptors (Lipinski definition) is 6. The number of aromatic nitrogens is 2. The number of rotatable bonds is 7. The topological polar surface area (TPSA) is 62.3 Å². The molecule has 23 heavy (non-hydrogen) atoms. The number of nitrogens with one attached hydrogen (secondary N) is 2. The van der Waals surface area contributed by atoms with Crippen LogP contribution in [0.3, 0.4) is 0 Å². The van der Waals surface area contributed by atoms with Gasteiger partial charge in [-0.3, -0.25) is 4.90 Å². The van der Waals surface area contributed by atoms with Crippen LogP contribution >= 0.6 is 0 Å². The van der Waals surface area contributed by atoms with Crippen molar-refractivity contribution < 1.29 is 4.74 Å². The first-order chi connectivity index (χ1) is 11.4. The largest absolute Gasteiger partial charge is 0.379 e. The maximum atomic E-state index is 5.39. The van der Waals surface area contributed by atoms with Gasteiger partial charge in [0.15, 0.2) is 0 Å². The van der Waals surface area contributed by atoms with Crippen molar-refractivity contribution in [2.24, 2.45) is 0 Å². The second-order valence-corrected chi connectivity index (χ2v) is 5.99. The minimum absolute atomic E-state index is 0.728. The van der Waals surface area contributed by atoms with E-state index in [1.165, 1.54) is 0 Å². The summed E-state index contributed by atoms with van der Waals surface area (Å²) in [6.45, 7) is 8.68. The molecule has 6 nitrogen and oxygen atoms in total. The van der Waals surface area contributed by atoms with Gasteiger partial charge in [0.25, 0.3) is 0 Å². The highest BCUT2D eigenvalue weighted by atomic mass is 16.5. The summed E-state index contributed by atoms with van der Waals surface area (Å²) in [5.74, 6) is 1.68. The predicted octanol–water partition coefficient (Wildman–Crippen LogP) is 0.397. The molecule has 1 aliphatic heterocycles. The van der Waals surface area contributed by atoms with Gasteiger partial charge in [0.1, 0.15) is 5.82 Å². The fourth-order valence-corrected chi connectivity index (χ4v) is 2.90. The van der Waals surface area contributed by atoms with E-state index in [-0.39, 0.29) is 0 Å². The minimum Gasteiger partial charge on any atom is -0.379 e. The molecule has 0 radical (unpaired) electrons. The summed E-state index contributed by atoms with van der Waals surface area (Å²) in [7, 11) is 0. The van der Waals surface area contributed by atoms with Crippen molar-refractivity contribution in [1.29, 1.82) is 0 Å². The number of ether oxygens (including phenoxy) is 1. The SMILES string of the molecule is CCCNc1nc(NCCN2CCOCC2)c2c(n1)=CCCC=2. The molecule has 1 saturated heterocycles. The first kappa shape index (κ1) is 16.2. The number of nitrogens with zero attached hydrogens (tertiary/aromatic N) is 3. The van der Waals surface area contributed by atoms with E-state index in [1.54, 1.807) is 0 Å². The molecule has 1 aromatic rings. The summed E-state index contributed by atoms with van der Waals surface area (Å²) in [6, 6.07) is 0. The predicted molar refractivity (Wildman–Crippen MR) is 94.0 cm³/mol. The van der Waals surface area contributed by atoms with E-state index in [2.05, 4.69) is 44.6 Å². The van der Waals surface area contributed by atoms with Crippen LogP contribution in [0.15, 0.2) is 0 Å². The minimum atomic E-state index is 0.728. The molecule has 2 N–H and O–H groups in total. The molecular weight excluding hydrogens is 290 g/mol. The second-order valence-electron chi connectivity index (χ2n) is 5.99. The van der Waals surface area contributed by atoms with Crippen molar-refractivity contribution in [1.82, 2.24) is 14.9 Å². The van der Waals surface area contributed by atoms with Gasteiger partial charge in [0.2, 0.25) is 5.95 Å². The fraction of sp³-hybridized carbons (Fsp3) is 0.647. The summed E-state index contributed by atoms with van der Waals surface area (Å²) in [4.78, 5) is 11.7. The smallest absolute Gasteiger partial charge is 0.225 e. The monoisotopic (exact) mass is 317 g/mol. The van der Waals surface area contributed by atoms with E-state index in [0.29, 0.717) is 0 Å². The molecule has 1 aliphatic carbocycles. The maximum absolute atomic E-state index is 5.39. The van der Waals surface area contributed by atoms with Gasteiger partial charge in [0, 0.05) is 37.9 Å². The lowest BCUT2D eigenvalue weighted by Gasteiger charge is -2.26. The van der Waals surface area contributed by atoms with Crippen molar-refractivity contribution >= 4 is 23.9 Å². The lowest BCUT2D eigenvalue weighted by Crippen LogP contribution is -2.40. The standard InChI is InChI=1S/C17H27N5O/c1-2-7-19-17-20-15-6-4-3-5-14(15)16(21-17)18-8-9-22-10-12-23-13-11-22/h5-6H,2-4,7-13H2,1H3,(H2,18,19,20,21). The number of morpholine rings is 1. The van der Waals surface area contributed by atoms with E-state index >= 15 is 0 Å². The third kappa shape index (κ3) is 4.42. The average Bonchev–Trinajstić information content (AvgIpc) is 2.61. The van der Waals surface area contributed by atoms with Crippen LogP contribution in [0.25, 0.3) is 12.2 Å². The Morgan fingerprint density at radius 2 is 1.91 bits per heavy atom. The molecule has 0 unspecified atom stereocenters. The number of fused-ring (bicyclic) bond motifs is 1. The van der Waals surface area contributed by atoms with Crippen LogP contribution in [0.1, 0.15) is 26.2 Å². The molecule has 6 heteroatoms. The lowest BCUT2D eigenvalue weighted by atomic mass is 10.1. The normalized spacial score (nSPS) is 17.8. The molecule has 1 aromatic heterocycles. The van der Waals surface area contributed by atoms with Gasteiger partial charge in [-0.05, 0) is 19.3 Å². The third-order valence-electron chi connectivity index (χ3n) is 4.19. The Hall–Kier alpha value is -1.66. The van der Waals surface area contributed by atoms with Gasteiger partial charge in [0.05, 0.1) is 18.6 Å². The van der Waals surface area contributed by atoms with E-state index in [9.17, 15) is 0 Å². The molecular formula is C17H27N5O. The Kier molecular flexibility index (Phi) is 5.82. The molecule has 2 heterocycles. The van der Waals surface area contributed by atoms with Crippen LogP contribution in [0.4, 0.5) is 11.8 Å². The number of hydrogen-bond donors (Lipinski definition) is 2. The Labute approximate surface area is 137 Å². The molecule has 0 aromatic carbocycles. The van der Waals surface area contributed by atoms with E-state index in [1.807, 2.05) is 0 Å². The zero-order chi connectivity index (χ0) is 15.9. The molecule has 0 atom stereocenters. The zero-order valence-corrected chi connectivity index (χ0v) is 14.0. The molecule has 2 aliphatic rings. The summed E-state index contributed by atoms with van der Waals surface area (Å²) in [6.07, 6.45) is 7.65. The van der Waals surface area contributed by atoms with Crippen molar-refractivity contribution in [3.63, 3.8) is 0 Å². The Balaban J connectivity index is 1.69. The molecule has 0 saturated carbocycles. The van der Waals surface area contributed by atoms with E-state index in [4.69, 9.17) is 4.74 Å². The lowest BCUT2D eigenvalue weighted by molar-refractivity contribution is 0.0398. The van der Waals surface area contributed by atoms with Crippen molar-refractivity contribution in [2.75, 3.05) is 56.6 Å². The van der Waals surface area contributed by atoms with E-state index in [0.717, 1.165) is 87.5 Å². The average molecular weight is 317 g/mol. The van der Waals surface area contributed by atoms with Crippen LogP contribution in [-0.4, -0.2) is 60.8 Å². The summed E-state index contributed by atoms with van der Waals surface area (Å²) >= 11 is 0. The Bertz CT molecular complexity index is 625. The van der Waals surface area contributed by atoms with Crippen molar-refractivity contribution in [3.8, 4) is 0 Å². The third-order valence-corrected chi connectivity index (χ3v) is 4.19. The molecule has 1 fully saturated rings. The first-order valence-corrected chi connectivity index (χ1v) is 8.73. The van der Waals surface area contributed by atoms with Crippen LogP contribution < -0.4 is 21.2 Å². The summed E-state index contributed by atoms with van der Waals surface area (Å²) in [5.41, 5.74) is 0. The first-order valence-electron chi connectivity index (χ1n) is 8.73. The van der Waals surface area contributed by atoms with Gasteiger partial charge in [-0.25, -0.2) is 4.98 Å². The van der Waals surface area contributed by atoms with Crippen LogP contribution in [-0.2, 0) is 4.74 Å². The summed E-state index contributed by atoms with van der Waals surface area (Å²) in [5, 5.41) is 9.02. The highest BCUT2D eigenvalue weighted by Gasteiger charge is 2.11. The van der Waals surface area contributed by atoms with Crippen LogP contribution in [0, 0.1) is 0 Å². The van der Waals surface area contributed by atoms with Crippen molar-refractivity contribution in [3.05, 3.63) is 10.6 Å². The van der Waals surface area contributed by atoms with Gasteiger partial charge >= 0.3 is 0 Å². The maximum Gasteiger partial charge on any atom is 0.225 e. The molecule has 0 amide bonds. The highest BCUT2D eigenvalue weighted by molar-refractivity contribution is 5.50. The van der Waals surface area contributed by atoms with Gasteiger partial charge in [-0.2, -0.15) is 4.98 Å². The van der Waals surface area contributed by atoms with Crippen molar-refractivity contribution in [2.45, 2.75) is 26.2 Å². The highest BCUT2D eigenvalue weighted by Crippen LogP contribution is 2.03. The quantitative estimate of drug-likeness (QED) is 0.759. The zero-order valence-electron chi connectivity index (χ0n) is 14.0. The Morgan fingerprint density at radius 1 is 1.09 bits per heavy atom. The van der Waals surface area contributed by atoms with Gasteiger partial charge in [-0.15, -0.1) is 0 Å². The second kappa shape index (κ2) is 8.26. The molecule has 0 bridgehead atoms. The molecule has 126 valence electrons.